The van der Waals surface area contributed by atoms with Gasteiger partial charge in [-0.15, -0.1) is 0 Å². The number of alkyl halides is 2. The highest BCUT2D eigenvalue weighted by Gasteiger charge is 2.16. The zero-order chi connectivity index (χ0) is 15.2. The molecule has 1 amide bonds. The number of benzene rings is 1. The second-order valence-electron chi connectivity index (χ2n) is 4.31. The summed E-state index contributed by atoms with van der Waals surface area (Å²) in [6.45, 7) is -0.958. The Morgan fingerprint density at radius 2 is 2.10 bits per heavy atom. The van der Waals surface area contributed by atoms with Gasteiger partial charge in [-0.05, 0) is 30.7 Å². The van der Waals surface area contributed by atoms with Crippen LogP contribution in [0.1, 0.15) is 35.6 Å². The Morgan fingerprint density at radius 3 is 2.62 bits per heavy atom. The van der Waals surface area contributed by atoms with E-state index in [2.05, 4.69) is 20.0 Å². The minimum atomic E-state index is -2.88. The number of amides is 1. The fourth-order valence-corrected chi connectivity index (χ4v) is 1.86. The van der Waals surface area contributed by atoms with E-state index in [1.165, 1.54) is 24.3 Å². The first-order chi connectivity index (χ1) is 10.1. The first kappa shape index (κ1) is 15.0. The van der Waals surface area contributed by atoms with Crippen LogP contribution in [0, 0.1) is 0 Å². The molecule has 0 bridgehead atoms. The number of H-pyrrole nitrogens is 1. The van der Waals surface area contributed by atoms with E-state index in [4.69, 9.17) is 0 Å². The predicted octanol–water partition coefficient (Wildman–Crippen LogP) is 2.89. The lowest BCUT2D eigenvalue weighted by Gasteiger charge is -2.14. The summed E-state index contributed by atoms with van der Waals surface area (Å²) in [5.74, 6) is 0.380. The van der Waals surface area contributed by atoms with Gasteiger partial charge in [-0.1, -0.05) is 6.92 Å². The third kappa shape index (κ3) is 4.01. The molecule has 1 aromatic heterocycles. The van der Waals surface area contributed by atoms with Crippen molar-refractivity contribution in [2.24, 2.45) is 0 Å². The number of nitrogens with zero attached hydrogens (tertiary/aromatic N) is 1. The molecule has 7 heteroatoms. The van der Waals surface area contributed by atoms with Crippen molar-refractivity contribution in [2.45, 2.75) is 26.0 Å². The van der Waals surface area contributed by atoms with Crippen molar-refractivity contribution in [2.75, 3.05) is 0 Å². The van der Waals surface area contributed by atoms with Crippen LogP contribution >= 0.6 is 0 Å². The van der Waals surface area contributed by atoms with Gasteiger partial charge in [0.25, 0.3) is 5.91 Å². The van der Waals surface area contributed by atoms with Gasteiger partial charge in [0.05, 0.1) is 6.04 Å². The van der Waals surface area contributed by atoms with E-state index in [0.29, 0.717) is 17.8 Å². The van der Waals surface area contributed by atoms with Gasteiger partial charge in [0.1, 0.15) is 11.6 Å². The molecule has 0 radical (unpaired) electrons. The molecule has 0 aliphatic rings. The molecule has 0 aliphatic carbocycles. The van der Waals surface area contributed by atoms with Crippen LogP contribution < -0.4 is 10.1 Å². The van der Waals surface area contributed by atoms with Gasteiger partial charge < -0.3 is 15.0 Å². The van der Waals surface area contributed by atoms with Gasteiger partial charge in [-0.2, -0.15) is 8.78 Å². The first-order valence-corrected chi connectivity index (χ1v) is 6.45. The van der Waals surface area contributed by atoms with Gasteiger partial charge in [0.15, 0.2) is 0 Å². The molecule has 1 atom stereocenters. The molecule has 1 unspecified atom stereocenters. The zero-order valence-corrected chi connectivity index (χ0v) is 11.3. The minimum absolute atomic E-state index is 0.0135. The lowest BCUT2D eigenvalue weighted by molar-refractivity contribution is -0.0498. The topological polar surface area (TPSA) is 67.0 Å². The Bertz CT molecular complexity index is 570. The number of ether oxygens (including phenoxy) is 1. The molecule has 1 heterocycles. The SMILES string of the molecule is CCC(NC(=O)c1ccc(OC(F)F)cc1)c1ncc[nH]1. The summed E-state index contributed by atoms with van der Waals surface area (Å²) in [5, 5.41) is 2.82. The molecule has 2 rings (SSSR count). The maximum atomic E-state index is 12.1. The number of rotatable bonds is 6. The monoisotopic (exact) mass is 295 g/mol. The Labute approximate surface area is 120 Å². The number of imidazole rings is 1. The molecule has 0 saturated carbocycles. The summed E-state index contributed by atoms with van der Waals surface area (Å²) in [7, 11) is 0. The summed E-state index contributed by atoms with van der Waals surface area (Å²) in [5.41, 5.74) is 0.363. The van der Waals surface area contributed by atoms with Crippen molar-refractivity contribution in [3.63, 3.8) is 0 Å². The Hall–Kier alpha value is -2.44. The third-order valence-corrected chi connectivity index (χ3v) is 2.90. The summed E-state index contributed by atoms with van der Waals surface area (Å²) >= 11 is 0. The van der Waals surface area contributed by atoms with Crippen LogP contribution in [0.15, 0.2) is 36.7 Å². The van der Waals surface area contributed by atoms with Crippen LogP contribution in [0.5, 0.6) is 5.75 Å². The van der Waals surface area contributed by atoms with Crippen LogP contribution in [0.3, 0.4) is 0 Å². The molecule has 0 spiro atoms. The quantitative estimate of drug-likeness (QED) is 0.861. The van der Waals surface area contributed by atoms with E-state index in [0.717, 1.165) is 0 Å². The Balaban J connectivity index is 2.02. The number of aromatic amines is 1. The van der Waals surface area contributed by atoms with Crippen molar-refractivity contribution in [1.29, 1.82) is 0 Å². The Kier molecular flexibility index (Phi) is 4.86. The molecule has 0 saturated heterocycles. The molecule has 2 N–H and O–H groups in total. The predicted molar refractivity (Wildman–Crippen MR) is 72.2 cm³/mol. The third-order valence-electron chi connectivity index (χ3n) is 2.90. The van der Waals surface area contributed by atoms with Crippen LogP contribution in [-0.2, 0) is 0 Å². The van der Waals surface area contributed by atoms with E-state index >= 15 is 0 Å². The first-order valence-electron chi connectivity index (χ1n) is 6.45. The van der Waals surface area contributed by atoms with Crippen LogP contribution in [0.4, 0.5) is 8.78 Å². The smallest absolute Gasteiger partial charge is 0.387 e. The van der Waals surface area contributed by atoms with E-state index in [1.54, 1.807) is 12.4 Å². The molecule has 5 nitrogen and oxygen atoms in total. The second-order valence-corrected chi connectivity index (χ2v) is 4.31. The van der Waals surface area contributed by atoms with Crippen LogP contribution in [0.25, 0.3) is 0 Å². The van der Waals surface area contributed by atoms with E-state index in [-0.39, 0.29) is 17.7 Å². The number of nitrogens with one attached hydrogen (secondary N) is 2. The summed E-state index contributed by atoms with van der Waals surface area (Å²) in [4.78, 5) is 19.2. The van der Waals surface area contributed by atoms with Gasteiger partial charge >= 0.3 is 6.61 Å². The number of carbonyl (C=O) groups excluding carboxylic acids is 1. The molecule has 112 valence electrons. The largest absolute Gasteiger partial charge is 0.435 e. The number of carbonyl (C=O) groups is 1. The lowest BCUT2D eigenvalue weighted by atomic mass is 10.1. The number of halogens is 2. The van der Waals surface area contributed by atoms with E-state index in [9.17, 15) is 13.6 Å². The maximum absolute atomic E-state index is 12.1. The van der Waals surface area contributed by atoms with E-state index < -0.39 is 6.61 Å². The molecule has 2 aromatic rings. The van der Waals surface area contributed by atoms with Crippen molar-refractivity contribution in [3.8, 4) is 5.75 Å². The maximum Gasteiger partial charge on any atom is 0.387 e. The fraction of sp³-hybridized carbons (Fsp3) is 0.286. The molecule has 0 aliphatic heterocycles. The molecular weight excluding hydrogens is 280 g/mol. The highest BCUT2D eigenvalue weighted by atomic mass is 19.3. The normalized spacial score (nSPS) is 12.2. The Morgan fingerprint density at radius 1 is 1.38 bits per heavy atom. The molecular formula is C14H15F2N3O2. The summed E-state index contributed by atoms with van der Waals surface area (Å²) in [6, 6.07) is 5.29. The average Bonchev–Trinajstić information content (AvgIpc) is 2.98. The van der Waals surface area contributed by atoms with Crippen molar-refractivity contribution >= 4 is 5.91 Å². The highest BCUT2D eigenvalue weighted by molar-refractivity contribution is 5.94. The van der Waals surface area contributed by atoms with Crippen LogP contribution in [-0.4, -0.2) is 22.5 Å². The minimum Gasteiger partial charge on any atom is -0.435 e. The van der Waals surface area contributed by atoms with Crippen molar-refractivity contribution < 1.29 is 18.3 Å². The van der Waals surface area contributed by atoms with Gasteiger partial charge in [0, 0.05) is 18.0 Å². The number of hydrogen-bond donors (Lipinski definition) is 2. The average molecular weight is 295 g/mol. The zero-order valence-electron chi connectivity index (χ0n) is 11.3. The van der Waals surface area contributed by atoms with Crippen LogP contribution in [0.2, 0.25) is 0 Å². The lowest BCUT2D eigenvalue weighted by Crippen LogP contribution is -2.28. The van der Waals surface area contributed by atoms with E-state index in [1.807, 2.05) is 6.92 Å². The highest BCUT2D eigenvalue weighted by Crippen LogP contribution is 2.16. The number of aromatic nitrogens is 2. The summed E-state index contributed by atoms with van der Waals surface area (Å²) in [6.07, 6.45) is 3.97. The van der Waals surface area contributed by atoms with Crippen molar-refractivity contribution in [3.05, 3.63) is 48.0 Å². The van der Waals surface area contributed by atoms with Crippen molar-refractivity contribution in [1.82, 2.24) is 15.3 Å². The molecule has 1 aromatic carbocycles. The van der Waals surface area contributed by atoms with Gasteiger partial charge in [-0.25, -0.2) is 4.98 Å². The second kappa shape index (κ2) is 6.83. The summed E-state index contributed by atoms with van der Waals surface area (Å²) < 4.78 is 28.3. The standard InChI is InChI=1S/C14H15F2N3O2/c1-2-11(12-17-7-8-18-12)19-13(20)9-3-5-10(6-4-9)21-14(15)16/h3-8,11,14H,2H2,1H3,(H,17,18)(H,19,20). The van der Waals surface area contributed by atoms with Gasteiger partial charge in [-0.3, -0.25) is 4.79 Å². The molecule has 21 heavy (non-hydrogen) atoms. The molecule has 0 fully saturated rings. The number of hydrogen-bond acceptors (Lipinski definition) is 3. The fourth-order valence-electron chi connectivity index (χ4n) is 1.86. The van der Waals surface area contributed by atoms with Gasteiger partial charge in [0.2, 0.25) is 0 Å².